The van der Waals surface area contributed by atoms with E-state index in [0.717, 1.165) is 22.3 Å². The zero-order valence-corrected chi connectivity index (χ0v) is 16.4. The second-order valence-corrected chi connectivity index (χ2v) is 6.80. The van der Waals surface area contributed by atoms with Crippen LogP contribution in [0.15, 0.2) is 6.07 Å². The third-order valence-corrected chi connectivity index (χ3v) is 5.11. The van der Waals surface area contributed by atoms with Gasteiger partial charge in [-0.25, -0.2) is 4.79 Å². The maximum absolute atomic E-state index is 12.5. The predicted molar refractivity (Wildman–Crippen MR) is 100 cm³/mol. The van der Waals surface area contributed by atoms with Crippen LogP contribution >= 0.6 is 0 Å². The average molecular weight is 355 g/mol. The molecule has 138 valence electrons. The summed E-state index contributed by atoms with van der Waals surface area (Å²) in [5.74, 6) is -0.993. The smallest absolute Gasteiger partial charge is 0.355 e. The van der Waals surface area contributed by atoms with Gasteiger partial charge in [0.1, 0.15) is 5.69 Å². The fraction of sp³-hybridized carbons (Fsp3) is 0.381. The fourth-order valence-electron chi connectivity index (χ4n) is 3.26. The standard InChI is InChI=1S/C21H25NO4/c1-10-8-17(13(4)12(3)11(10)2)18(24)9-26-21(25)20-14(5)19(16(7)23)15(6)22-20/h8,22H,9H2,1-7H3. The van der Waals surface area contributed by atoms with Gasteiger partial charge in [0, 0.05) is 16.8 Å². The van der Waals surface area contributed by atoms with Crippen molar-refractivity contribution < 1.29 is 19.1 Å². The molecular formula is C21H25NO4. The number of aryl methyl sites for hydroxylation is 2. The number of nitrogens with one attached hydrogen (secondary N) is 1. The van der Waals surface area contributed by atoms with E-state index in [-0.39, 0.29) is 23.9 Å². The molecule has 5 nitrogen and oxygen atoms in total. The molecule has 0 radical (unpaired) electrons. The number of rotatable bonds is 5. The van der Waals surface area contributed by atoms with Gasteiger partial charge in [-0.2, -0.15) is 0 Å². The molecule has 5 heteroatoms. The minimum Gasteiger partial charge on any atom is -0.453 e. The summed E-state index contributed by atoms with van der Waals surface area (Å²) in [6.07, 6.45) is 0. The lowest BCUT2D eigenvalue weighted by Crippen LogP contribution is -2.17. The summed E-state index contributed by atoms with van der Waals surface area (Å²) in [5.41, 5.74) is 6.61. The summed E-state index contributed by atoms with van der Waals surface area (Å²) in [4.78, 5) is 39.5. The molecule has 2 rings (SSSR count). The minimum absolute atomic E-state index is 0.118. The SMILES string of the molecule is CC(=O)c1c(C)[nH]c(C(=O)OCC(=O)c2cc(C)c(C)c(C)c2C)c1C. The summed E-state index contributed by atoms with van der Waals surface area (Å²) >= 11 is 0. The Morgan fingerprint density at radius 3 is 2.08 bits per heavy atom. The van der Waals surface area contributed by atoms with Crippen LogP contribution in [0.3, 0.4) is 0 Å². The predicted octanol–water partition coefficient (Wildman–Crippen LogP) is 4.11. The molecule has 1 aromatic heterocycles. The largest absolute Gasteiger partial charge is 0.453 e. The van der Waals surface area contributed by atoms with Crippen molar-refractivity contribution in [1.82, 2.24) is 4.98 Å². The third kappa shape index (κ3) is 3.47. The van der Waals surface area contributed by atoms with Gasteiger partial charge in [0.25, 0.3) is 0 Å². The number of esters is 1. The van der Waals surface area contributed by atoms with Gasteiger partial charge in [-0.1, -0.05) is 0 Å². The monoisotopic (exact) mass is 355 g/mol. The first kappa shape index (κ1) is 19.6. The number of aromatic amines is 1. The first-order valence-corrected chi connectivity index (χ1v) is 8.54. The maximum atomic E-state index is 12.5. The molecule has 0 saturated heterocycles. The van der Waals surface area contributed by atoms with Crippen molar-refractivity contribution in [3.8, 4) is 0 Å². The van der Waals surface area contributed by atoms with Crippen LogP contribution in [0.4, 0.5) is 0 Å². The van der Waals surface area contributed by atoms with Crippen molar-refractivity contribution in [2.75, 3.05) is 6.61 Å². The molecule has 0 aliphatic rings. The van der Waals surface area contributed by atoms with Gasteiger partial charge < -0.3 is 9.72 Å². The number of ketones is 2. The van der Waals surface area contributed by atoms with E-state index in [0.29, 0.717) is 22.4 Å². The van der Waals surface area contributed by atoms with Gasteiger partial charge in [-0.05, 0) is 82.3 Å². The lowest BCUT2D eigenvalue weighted by atomic mass is 9.93. The Kier molecular flexibility index (Phi) is 5.50. The van der Waals surface area contributed by atoms with Crippen molar-refractivity contribution in [2.45, 2.75) is 48.5 Å². The summed E-state index contributed by atoms with van der Waals surface area (Å²) in [6, 6.07) is 1.84. The van der Waals surface area contributed by atoms with Crippen LogP contribution < -0.4 is 0 Å². The highest BCUT2D eigenvalue weighted by Crippen LogP contribution is 2.22. The molecule has 2 aromatic rings. The van der Waals surface area contributed by atoms with E-state index in [1.54, 1.807) is 13.8 Å². The fourth-order valence-corrected chi connectivity index (χ4v) is 3.26. The molecular weight excluding hydrogens is 330 g/mol. The Hall–Kier alpha value is -2.69. The number of ether oxygens (including phenoxy) is 1. The molecule has 26 heavy (non-hydrogen) atoms. The second-order valence-electron chi connectivity index (χ2n) is 6.80. The quantitative estimate of drug-likeness (QED) is 0.647. The molecule has 1 N–H and O–H groups in total. The van der Waals surface area contributed by atoms with Crippen molar-refractivity contribution >= 4 is 17.5 Å². The number of aromatic nitrogens is 1. The van der Waals surface area contributed by atoms with Crippen LogP contribution in [-0.2, 0) is 4.74 Å². The van der Waals surface area contributed by atoms with Crippen LogP contribution in [0.1, 0.15) is 71.6 Å². The van der Waals surface area contributed by atoms with E-state index in [1.165, 1.54) is 6.92 Å². The van der Waals surface area contributed by atoms with Crippen molar-refractivity contribution in [3.05, 3.63) is 56.4 Å². The molecule has 0 unspecified atom stereocenters. The van der Waals surface area contributed by atoms with E-state index in [1.807, 2.05) is 33.8 Å². The second kappa shape index (κ2) is 7.28. The Morgan fingerprint density at radius 1 is 0.923 bits per heavy atom. The average Bonchev–Trinajstić information content (AvgIpc) is 2.88. The number of hydrogen-bond donors (Lipinski definition) is 1. The molecule has 0 saturated carbocycles. The van der Waals surface area contributed by atoms with E-state index >= 15 is 0 Å². The van der Waals surface area contributed by atoms with Crippen molar-refractivity contribution in [1.29, 1.82) is 0 Å². The molecule has 0 aliphatic heterocycles. The van der Waals surface area contributed by atoms with Gasteiger partial charge >= 0.3 is 5.97 Å². The summed E-state index contributed by atoms with van der Waals surface area (Å²) in [6.45, 7) is 12.4. The molecule has 0 aliphatic carbocycles. The van der Waals surface area contributed by atoms with E-state index < -0.39 is 5.97 Å². The van der Waals surface area contributed by atoms with Gasteiger partial charge in [0.05, 0.1) is 0 Å². The summed E-state index contributed by atoms with van der Waals surface area (Å²) < 4.78 is 5.21. The number of Topliss-reactive ketones (excluding diaryl/α,β-unsaturated/α-hetero) is 2. The van der Waals surface area contributed by atoms with Crippen LogP contribution in [0.2, 0.25) is 0 Å². The molecule has 1 aromatic carbocycles. The maximum Gasteiger partial charge on any atom is 0.355 e. The summed E-state index contributed by atoms with van der Waals surface area (Å²) in [5, 5.41) is 0. The highest BCUT2D eigenvalue weighted by atomic mass is 16.5. The van der Waals surface area contributed by atoms with Gasteiger partial charge in [0.2, 0.25) is 5.78 Å². The summed E-state index contributed by atoms with van der Waals surface area (Å²) in [7, 11) is 0. The number of carbonyl (C=O) groups excluding carboxylic acids is 3. The number of hydrogen-bond acceptors (Lipinski definition) is 4. The highest BCUT2D eigenvalue weighted by molar-refractivity contribution is 6.03. The van der Waals surface area contributed by atoms with Crippen LogP contribution in [0.25, 0.3) is 0 Å². The minimum atomic E-state index is -0.635. The molecule has 0 bridgehead atoms. The number of benzene rings is 1. The zero-order valence-electron chi connectivity index (χ0n) is 16.4. The van der Waals surface area contributed by atoms with Crippen LogP contribution in [-0.4, -0.2) is 29.1 Å². The van der Waals surface area contributed by atoms with E-state index in [9.17, 15) is 14.4 Å². The Balaban J connectivity index is 2.20. The van der Waals surface area contributed by atoms with Gasteiger partial charge in [0.15, 0.2) is 12.4 Å². The first-order valence-electron chi connectivity index (χ1n) is 8.54. The zero-order chi connectivity index (χ0) is 19.8. The lowest BCUT2D eigenvalue weighted by molar-refractivity contribution is 0.0468. The third-order valence-electron chi connectivity index (χ3n) is 5.11. The van der Waals surface area contributed by atoms with Crippen LogP contribution in [0, 0.1) is 41.5 Å². The Morgan fingerprint density at radius 2 is 1.54 bits per heavy atom. The number of carbonyl (C=O) groups is 3. The van der Waals surface area contributed by atoms with Crippen molar-refractivity contribution in [3.63, 3.8) is 0 Å². The molecule has 0 spiro atoms. The Labute approximate surface area is 153 Å². The molecule has 0 amide bonds. The van der Waals surface area contributed by atoms with Crippen molar-refractivity contribution in [2.24, 2.45) is 0 Å². The van der Waals surface area contributed by atoms with Crippen LogP contribution in [0.5, 0.6) is 0 Å². The van der Waals surface area contributed by atoms with E-state index in [4.69, 9.17) is 4.74 Å². The lowest BCUT2D eigenvalue weighted by Gasteiger charge is -2.13. The normalized spacial score (nSPS) is 10.7. The molecule has 0 atom stereocenters. The van der Waals surface area contributed by atoms with Gasteiger partial charge in [-0.3, -0.25) is 9.59 Å². The number of H-pyrrole nitrogens is 1. The highest BCUT2D eigenvalue weighted by Gasteiger charge is 2.22. The molecule has 0 fully saturated rings. The first-order chi connectivity index (χ1) is 12.1. The molecule has 1 heterocycles. The van der Waals surface area contributed by atoms with Gasteiger partial charge in [-0.15, -0.1) is 0 Å². The topological polar surface area (TPSA) is 76.2 Å². The Bertz CT molecular complexity index is 919. The van der Waals surface area contributed by atoms with E-state index in [2.05, 4.69) is 4.98 Å².